The Kier molecular flexibility index (Phi) is 5.79. The number of carbonyl (C=O) groups excluding carboxylic acids is 1. The number of thiazole rings is 1. The number of morpholine rings is 1. The van der Waals surface area contributed by atoms with Crippen LogP contribution in [0, 0.1) is 0 Å². The third-order valence-electron chi connectivity index (χ3n) is 3.88. The first-order valence-electron chi connectivity index (χ1n) is 7.91. The second-order valence-corrected chi connectivity index (χ2v) is 6.45. The molecule has 1 aliphatic rings. The van der Waals surface area contributed by atoms with Crippen molar-refractivity contribution in [1.82, 2.24) is 15.2 Å². The molecule has 1 N–H and O–H groups in total. The summed E-state index contributed by atoms with van der Waals surface area (Å²) in [5, 5.41) is 5.67. The van der Waals surface area contributed by atoms with E-state index in [-0.39, 0.29) is 5.91 Å². The van der Waals surface area contributed by atoms with E-state index in [9.17, 15) is 4.79 Å². The summed E-state index contributed by atoms with van der Waals surface area (Å²) in [5.41, 5.74) is 1.41. The number of amides is 1. The van der Waals surface area contributed by atoms with Crippen LogP contribution in [-0.4, -0.2) is 49.2 Å². The maximum absolute atomic E-state index is 12.3. The highest BCUT2D eigenvalue weighted by Gasteiger charge is 2.15. The molecule has 1 aromatic carbocycles. The summed E-state index contributed by atoms with van der Waals surface area (Å²) in [6.07, 6.45) is 0. The first-order chi connectivity index (χ1) is 11.8. The Labute approximate surface area is 145 Å². The van der Waals surface area contributed by atoms with Crippen molar-refractivity contribution < 1.29 is 14.3 Å². The lowest BCUT2D eigenvalue weighted by molar-refractivity contribution is 0.0341. The van der Waals surface area contributed by atoms with E-state index in [1.165, 1.54) is 11.3 Å². The van der Waals surface area contributed by atoms with Crippen LogP contribution in [-0.2, 0) is 17.8 Å². The molecule has 24 heavy (non-hydrogen) atoms. The van der Waals surface area contributed by atoms with Crippen LogP contribution in [0.25, 0.3) is 0 Å². The second kappa shape index (κ2) is 8.23. The van der Waals surface area contributed by atoms with Gasteiger partial charge in [-0.15, -0.1) is 11.3 Å². The number of carbonyl (C=O) groups is 1. The normalized spacial score (nSPS) is 15.2. The predicted molar refractivity (Wildman–Crippen MR) is 92.4 cm³/mol. The molecule has 1 amide bonds. The van der Waals surface area contributed by atoms with Crippen LogP contribution in [0.1, 0.15) is 21.1 Å². The van der Waals surface area contributed by atoms with Crippen molar-refractivity contribution in [2.45, 2.75) is 13.1 Å². The first-order valence-corrected chi connectivity index (χ1v) is 8.79. The number of ether oxygens (including phenoxy) is 2. The molecule has 0 atom stereocenters. The van der Waals surface area contributed by atoms with Gasteiger partial charge in [0.25, 0.3) is 5.91 Å². The summed E-state index contributed by atoms with van der Waals surface area (Å²) in [5.74, 6) is 0.606. The number of methoxy groups -OCH3 is 1. The van der Waals surface area contributed by atoms with Gasteiger partial charge in [-0.25, -0.2) is 4.98 Å². The van der Waals surface area contributed by atoms with E-state index in [2.05, 4.69) is 15.2 Å². The molecule has 1 saturated heterocycles. The second-order valence-electron chi connectivity index (χ2n) is 5.51. The third kappa shape index (κ3) is 4.31. The zero-order valence-electron chi connectivity index (χ0n) is 13.7. The van der Waals surface area contributed by atoms with E-state index in [0.717, 1.165) is 49.2 Å². The average Bonchev–Trinajstić information content (AvgIpc) is 3.09. The standard InChI is InChI=1S/C17H21N3O3S/c1-22-15-5-3-2-4-13(15)10-18-17(21)14-12-24-16(19-14)11-20-6-8-23-9-7-20/h2-5,12H,6-11H2,1H3,(H,18,21). The van der Waals surface area contributed by atoms with Crippen molar-refractivity contribution in [2.75, 3.05) is 33.4 Å². The van der Waals surface area contributed by atoms with Gasteiger partial charge in [-0.1, -0.05) is 18.2 Å². The molecule has 0 bridgehead atoms. The minimum Gasteiger partial charge on any atom is -0.496 e. The molecule has 128 valence electrons. The fraction of sp³-hybridized carbons (Fsp3) is 0.412. The van der Waals surface area contributed by atoms with Gasteiger partial charge in [-0.2, -0.15) is 0 Å². The topological polar surface area (TPSA) is 63.7 Å². The van der Waals surface area contributed by atoms with Crippen molar-refractivity contribution in [1.29, 1.82) is 0 Å². The highest BCUT2D eigenvalue weighted by Crippen LogP contribution is 2.17. The van der Waals surface area contributed by atoms with Crippen molar-refractivity contribution in [2.24, 2.45) is 0 Å². The van der Waals surface area contributed by atoms with Crippen LogP contribution in [0.3, 0.4) is 0 Å². The number of benzene rings is 1. The van der Waals surface area contributed by atoms with E-state index >= 15 is 0 Å². The minimum atomic E-state index is -0.162. The molecule has 0 unspecified atom stereocenters. The number of rotatable bonds is 6. The van der Waals surface area contributed by atoms with Crippen LogP contribution in [0.15, 0.2) is 29.6 Å². The maximum Gasteiger partial charge on any atom is 0.271 e. The maximum atomic E-state index is 12.3. The SMILES string of the molecule is COc1ccccc1CNC(=O)c1csc(CN2CCOCC2)n1. The van der Waals surface area contributed by atoms with Crippen LogP contribution < -0.4 is 10.1 Å². The van der Waals surface area contributed by atoms with Crippen molar-refractivity contribution in [3.8, 4) is 5.75 Å². The van der Waals surface area contributed by atoms with Gasteiger partial charge in [0.1, 0.15) is 16.5 Å². The summed E-state index contributed by atoms with van der Waals surface area (Å²) >= 11 is 1.52. The number of hydrogen-bond donors (Lipinski definition) is 1. The fourth-order valence-electron chi connectivity index (χ4n) is 2.55. The van der Waals surface area contributed by atoms with Crippen molar-refractivity contribution >= 4 is 17.2 Å². The predicted octanol–water partition coefficient (Wildman–Crippen LogP) is 1.91. The molecule has 1 aliphatic heterocycles. The van der Waals surface area contributed by atoms with Crippen LogP contribution in [0.2, 0.25) is 0 Å². The molecule has 2 aromatic rings. The van der Waals surface area contributed by atoms with E-state index in [1.807, 2.05) is 29.6 Å². The van der Waals surface area contributed by atoms with Crippen molar-refractivity contribution in [3.05, 3.63) is 45.9 Å². The lowest BCUT2D eigenvalue weighted by Crippen LogP contribution is -2.35. The Bertz CT molecular complexity index is 683. The van der Waals surface area contributed by atoms with Crippen LogP contribution >= 0.6 is 11.3 Å². The highest BCUT2D eigenvalue weighted by atomic mass is 32.1. The van der Waals surface area contributed by atoms with Gasteiger partial charge in [0.2, 0.25) is 0 Å². The summed E-state index contributed by atoms with van der Waals surface area (Å²) < 4.78 is 10.6. The lowest BCUT2D eigenvalue weighted by atomic mass is 10.2. The fourth-order valence-corrected chi connectivity index (χ4v) is 3.37. The van der Waals surface area contributed by atoms with Gasteiger partial charge in [0.05, 0.1) is 26.9 Å². The first kappa shape index (κ1) is 16.9. The monoisotopic (exact) mass is 347 g/mol. The van der Waals surface area contributed by atoms with Gasteiger partial charge in [-0.3, -0.25) is 9.69 Å². The Morgan fingerprint density at radius 2 is 2.17 bits per heavy atom. The molecule has 1 aromatic heterocycles. The number of para-hydroxylation sites is 1. The summed E-state index contributed by atoms with van der Waals surface area (Å²) in [6, 6.07) is 7.64. The Morgan fingerprint density at radius 3 is 2.96 bits per heavy atom. The number of aromatic nitrogens is 1. The van der Waals surface area contributed by atoms with E-state index < -0.39 is 0 Å². The number of hydrogen-bond acceptors (Lipinski definition) is 6. The molecule has 6 nitrogen and oxygen atoms in total. The summed E-state index contributed by atoms with van der Waals surface area (Å²) in [6.45, 7) is 4.53. The summed E-state index contributed by atoms with van der Waals surface area (Å²) in [7, 11) is 1.62. The molecule has 0 spiro atoms. The van der Waals surface area contributed by atoms with Gasteiger partial charge in [-0.05, 0) is 6.07 Å². The number of nitrogens with zero attached hydrogens (tertiary/aromatic N) is 2. The molecule has 0 radical (unpaired) electrons. The summed E-state index contributed by atoms with van der Waals surface area (Å²) in [4.78, 5) is 19.0. The largest absolute Gasteiger partial charge is 0.496 e. The van der Waals surface area contributed by atoms with E-state index in [1.54, 1.807) is 7.11 Å². The Hall–Kier alpha value is -1.96. The molecule has 1 fully saturated rings. The zero-order chi connectivity index (χ0) is 16.8. The lowest BCUT2D eigenvalue weighted by Gasteiger charge is -2.25. The van der Waals surface area contributed by atoms with Gasteiger partial charge in [0, 0.05) is 30.6 Å². The van der Waals surface area contributed by atoms with Gasteiger partial charge < -0.3 is 14.8 Å². The van der Waals surface area contributed by atoms with Gasteiger partial charge >= 0.3 is 0 Å². The van der Waals surface area contributed by atoms with Gasteiger partial charge in [0.15, 0.2) is 0 Å². The highest BCUT2D eigenvalue weighted by molar-refractivity contribution is 7.09. The Balaban J connectivity index is 1.55. The van der Waals surface area contributed by atoms with E-state index in [4.69, 9.17) is 9.47 Å². The molecule has 7 heteroatoms. The van der Waals surface area contributed by atoms with Crippen molar-refractivity contribution in [3.63, 3.8) is 0 Å². The molecular weight excluding hydrogens is 326 g/mol. The van der Waals surface area contributed by atoms with Crippen LogP contribution in [0.4, 0.5) is 0 Å². The average molecular weight is 347 g/mol. The quantitative estimate of drug-likeness (QED) is 0.865. The van der Waals surface area contributed by atoms with E-state index in [0.29, 0.717) is 12.2 Å². The third-order valence-corrected chi connectivity index (χ3v) is 4.71. The minimum absolute atomic E-state index is 0.162. The van der Waals surface area contributed by atoms with Crippen LogP contribution in [0.5, 0.6) is 5.75 Å². The Morgan fingerprint density at radius 1 is 1.38 bits per heavy atom. The molecule has 0 saturated carbocycles. The number of nitrogens with one attached hydrogen (secondary N) is 1. The smallest absolute Gasteiger partial charge is 0.271 e. The molecular formula is C17H21N3O3S. The molecule has 3 rings (SSSR count). The molecule has 0 aliphatic carbocycles. The molecule has 2 heterocycles. The zero-order valence-corrected chi connectivity index (χ0v) is 14.5.